The predicted molar refractivity (Wildman–Crippen MR) is 69.3 cm³/mol. The fourth-order valence-electron chi connectivity index (χ4n) is 1.81. The van der Waals surface area contributed by atoms with E-state index in [1.54, 1.807) is 6.92 Å². The van der Waals surface area contributed by atoms with Gasteiger partial charge in [0, 0.05) is 6.07 Å². The van der Waals surface area contributed by atoms with Gasteiger partial charge < -0.3 is 11.1 Å². The molecule has 3 nitrogen and oxygen atoms in total. The van der Waals surface area contributed by atoms with Crippen molar-refractivity contribution >= 4 is 17.3 Å². The van der Waals surface area contributed by atoms with Crippen LogP contribution in [0.25, 0.3) is 0 Å². The smallest absolute Gasteiger partial charge is 0.253 e. The number of anilines is 2. The Morgan fingerprint density at radius 2 is 1.71 bits per heavy atom. The molecule has 0 saturated heterocycles. The molecule has 0 saturated carbocycles. The summed E-state index contributed by atoms with van der Waals surface area (Å²) < 4.78 is 54.3. The van der Waals surface area contributed by atoms with Gasteiger partial charge in [-0.2, -0.15) is 0 Å². The molecule has 3 N–H and O–H groups in total. The van der Waals surface area contributed by atoms with Crippen LogP contribution in [0.15, 0.2) is 24.3 Å². The fourth-order valence-corrected chi connectivity index (χ4v) is 1.81. The van der Waals surface area contributed by atoms with Crippen LogP contribution in [0.5, 0.6) is 0 Å². The second-order valence-corrected chi connectivity index (χ2v) is 4.38. The van der Waals surface area contributed by atoms with Crippen LogP contribution in [0.2, 0.25) is 0 Å². The van der Waals surface area contributed by atoms with Crippen LogP contribution in [0, 0.1) is 30.2 Å². The summed E-state index contributed by atoms with van der Waals surface area (Å²) in [5, 5.41) is 2.17. The average molecular weight is 298 g/mol. The standard InChI is InChI=1S/C14H10F4N2O/c1-6-2-3-10(7(15)4-6)20-13-11(14(19)21)8(16)5-9(17)12(13)18/h2-5,20H,1H3,(H2,19,21). The molecule has 0 bridgehead atoms. The highest BCUT2D eigenvalue weighted by atomic mass is 19.2. The number of nitrogens with two attached hydrogens (primary N) is 1. The molecule has 0 atom stereocenters. The molecular weight excluding hydrogens is 288 g/mol. The van der Waals surface area contributed by atoms with E-state index in [0.717, 1.165) is 6.07 Å². The third-order valence-electron chi connectivity index (χ3n) is 2.80. The van der Waals surface area contributed by atoms with E-state index in [2.05, 4.69) is 5.32 Å². The Hall–Kier alpha value is -2.57. The molecule has 2 aromatic rings. The van der Waals surface area contributed by atoms with E-state index < -0.39 is 40.4 Å². The van der Waals surface area contributed by atoms with Gasteiger partial charge in [0.2, 0.25) is 0 Å². The Balaban J connectivity index is 2.60. The first-order chi connectivity index (χ1) is 9.81. The Labute approximate surface area is 117 Å². The third-order valence-corrected chi connectivity index (χ3v) is 2.80. The zero-order valence-electron chi connectivity index (χ0n) is 10.8. The number of carbonyl (C=O) groups excluding carboxylic acids is 1. The van der Waals surface area contributed by atoms with Gasteiger partial charge in [-0.1, -0.05) is 6.07 Å². The van der Waals surface area contributed by atoms with E-state index in [9.17, 15) is 22.4 Å². The van der Waals surface area contributed by atoms with Crippen LogP contribution in [-0.2, 0) is 0 Å². The van der Waals surface area contributed by atoms with E-state index in [4.69, 9.17) is 5.73 Å². The predicted octanol–water partition coefficient (Wildman–Crippen LogP) is 3.39. The first-order valence-electron chi connectivity index (χ1n) is 5.81. The van der Waals surface area contributed by atoms with Crippen molar-refractivity contribution in [2.75, 3.05) is 5.32 Å². The quantitative estimate of drug-likeness (QED) is 0.674. The highest BCUT2D eigenvalue weighted by molar-refractivity contribution is 5.99. The van der Waals surface area contributed by atoms with Crippen molar-refractivity contribution in [1.82, 2.24) is 0 Å². The number of benzene rings is 2. The lowest BCUT2D eigenvalue weighted by Gasteiger charge is -2.13. The molecule has 2 aromatic carbocycles. The first kappa shape index (κ1) is 14.8. The molecule has 110 valence electrons. The number of carbonyl (C=O) groups is 1. The van der Waals surface area contributed by atoms with E-state index in [1.807, 2.05) is 0 Å². The molecule has 0 fully saturated rings. The van der Waals surface area contributed by atoms with Crippen molar-refractivity contribution in [3.05, 3.63) is 58.7 Å². The average Bonchev–Trinajstić information content (AvgIpc) is 2.38. The van der Waals surface area contributed by atoms with Gasteiger partial charge in [0.1, 0.15) is 17.2 Å². The van der Waals surface area contributed by atoms with Crippen LogP contribution in [0.3, 0.4) is 0 Å². The van der Waals surface area contributed by atoms with Crippen LogP contribution in [-0.4, -0.2) is 5.91 Å². The molecule has 0 aliphatic heterocycles. The summed E-state index contributed by atoms with van der Waals surface area (Å²) in [7, 11) is 0. The minimum absolute atomic E-state index is 0.201. The number of hydrogen-bond acceptors (Lipinski definition) is 2. The summed E-state index contributed by atoms with van der Waals surface area (Å²) in [6.45, 7) is 1.63. The van der Waals surface area contributed by atoms with Crippen LogP contribution >= 0.6 is 0 Å². The number of hydrogen-bond donors (Lipinski definition) is 2. The number of rotatable bonds is 3. The zero-order valence-corrected chi connectivity index (χ0v) is 10.8. The second-order valence-electron chi connectivity index (χ2n) is 4.38. The minimum Gasteiger partial charge on any atom is -0.365 e. The van der Waals surface area contributed by atoms with Crippen molar-refractivity contribution in [3.63, 3.8) is 0 Å². The minimum atomic E-state index is -1.52. The molecule has 7 heteroatoms. The molecule has 0 unspecified atom stereocenters. The van der Waals surface area contributed by atoms with E-state index in [1.165, 1.54) is 12.1 Å². The largest absolute Gasteiger partial charge is 0.365 e. The summed E-state index contributed by atoms with van der Waals surface area (Å²) in [5.74, 6) is -6.45. The van der Waals surface area contributed by atoms with Crippen LogP contribution in [0.4, 0.5) is 28.9 Å². The number of halogens is 4. The van der Waals surface area contributed by atoms with Crippen molar-refractivity contribution < 1.29 is 22.4 Å². The number of primary amides is 1. The number of aryl methyl sites for hydroxylation is 1. The Kier molecular flexibility index (Phi) is 3.84. The highest BCUT2D eigenvalue weighted by Crippen LogP contribution is 2.29. The molecule has 0 aromatic heterocycles. The Morgan fingerprint density at radius 1 is 1.05 bits per heavy atom. The SMILES string of the molecule is Cc1ccc(Nc2c(F)c(F)cc(F)c2C(N)=O)c(F)c1. The van der Waals surface area contributed by atoms with E-state index >= 15 is 0 Å². The third kappa shape index (κ3) is 2.81. The molecular formula is C14H10F4N2O. The monoisotopic (exact) mass is 298 g/mol. The maximum atomic E-state index is 13.8. The first-order valence-corrected chi connectivity index (χ1v) is 5.81. The van der Waals surface area contributed by atoms with Crippen molar-refractivity contribution in [1.29, 1.82) is 0 Å². The lowest BCUT2D eigenvalue weighted by molar-refractivity contribution is 0.0997. The summed E-state index contributed by atoms with van der Waals surface area (Å²) in [4.78, 5) is 11.2. The van der Waals surface area contributed by atoms with Gasteiger partial charge in [0.05, 0.1) is 11.4 Å². The van der Waals surface area contributed by atoms with Gasteiger partial charge in [-0.3, -0.25) is 4.79 Å². The molecule has 0 radical (unpaired) electrons. The Bertz CT molecular complexity index is 731. The van der Waals surface area contributed by atoms with Gasteiger partial charge in [-0.25, -0.2) is 17.6 Å². The number of nitrogens with one attached hydrogen (secondary N) is 1. The van der Waals surface area contributed by atoms with Crippen molar-refractivity contribution in [2.45, 2.75) is 6.92 Å². The maximum absolute atomic E-state index is 13.8. The summed E-state index contributed by atoms with van der Waals surface area (Å²) in [6.07, 6.45) is 0. The summed E-state index contributed by atoms with van der Waals surface area (Å²) in [5.41, 5.74) is 3.58. The normalized spacial score (nSPS) is 10.5. The topological polar surface area (TPSA) is 55.1 Å². The second kappa shape index (κ2) is 5.43. The van der Waals surface area contributed by atoms with Gasteiger partial charge in [-0.05, 0) is 24.6 Å². The summed E-state index contributed by atoms with van der Waals surface area (Å²) in [6, 6.07) is 4.09. The lowest BCUT2D eigenvalue weighted by Crippen LogP contribution is -2.17. The molecule has 2 rings (SSSR count). The van der Waals surface area contributed by atoms with Gasteiger partial charge in [0.25, 0.3) is 5.91 Å². The zero-order chi connectivity index (χ0) is 15.7. The highest BCUT2D eigenvalue weighted by Gasteiger charge is 2.23. The fraction of sp³-hybridized carbons (Fsp3) is 0.0714. The molecule has 0 heterocycles. The van der Waals surface area contributed by atoms with E-state index in [-0.39, 0.29) is 11.8 Å². The molecule has 0 spiro atoms. The van der Waals surface area contributed by atoms with Gasteiger partial charge in [0.15, 0.2) is 11.6 Å². The van der Waals surface area contributed by atoms with Crippen LogP contribution < -0.4 is 11.1 Å². The van der Waals surface area contributed by atoms with Gasteiger partial charge >= 0.3 is 0 Å². The van der Waals surface area contributed by atoms with Crippen molar-refractivity contribution in [3.8, 4) is 0 Å². The van der Waals surface area contributed by atoms with Crippen molar-refractivity contribution in [2.24, 2.45) is 5.73 Å². The molecule has 0 aliphatic carbocycles. The molecule has 0 aliphatic rings. The Morgan fingerprint density at radius 3 is 2.29 bits per heavy atom. The molecule has 21 heavy (non-hydrogen) atoms. The lowest BCUT2D eigenvalue weighted by atomic mass is 10.1. The maximum Gasteiger partial charge on any atom is 0.253 e. The van der Waals surface area contributed by atoms with E-state index in [0.29, 0.717) is 5.56 Å². The summed E-state index contributed by atoms with van der Waals surface area (Å²) >= 11 is 0. The van der Waals surface area contributed by atoms with Gasteiger partial charge in [-0.15, -0.1) is 0 Å². The molecule has 1 amide bonds. The number of amides is 1. The van der Waals surface area contributed by atoms with Crippen LogP contribution in [0.1, 0.15) is 15.9 Å².